The fourth-order valence-corrected chi connectivity index (χ4v) is 5.05. The number of nitrogens with zero attached hydrogens (tertiary/aromatic N) is 6. The Morgan fingerprint density at radius 3 is 2.16 bits per heavy atom. The van der Waals surface area contributed by atoms with Crippen molar-refractivity contribution < 1.29 is 22.6 Å². The predicted octanol–water partition coefficient (Wildman–Crippen LogP) is 3.27. The average molecular weight is 540 g/mol. The van der Waals surface area contributed by atoms with E-state index in [0.717, 1.165) is 11.1 Å². The lowest BCUT2D eigenvalue weighted by atomic mass is 10.2. The maximum atomic E-state index is 13.6. The largest absolute Gasteiger partial charge is 0.494 e. The van der Waals surface area contributed by atoms with Gasteiger partial charge in [0.25, 0.3) is 0 Å². The molecule has 3 heterocycles. The summed E-state index contributed by atoms with van der Waals surface area (Å²) < 4.78 is 48.1. The molecule has 0 saturated heterocycles. The number of aryl methyl sites for hydroxylation is 2. The smallest absolute Gasteiger partial charge is 0.243 e. The van der Waals surface area contributed by atoms with Gasteiger partial charge in [0.1, 0.15) is 28.5 Å². The first-order valence-corrected chi connectivity index (χ1v) is 13.2. The molecule has 1 N–H and O–H groups in total. The quantitative estimate of drug-likeness (QED) is 0.319. The fraction of sp³-hybridized carbons (Fsp3) is 0.320. The van der Waals surface area contributed by atoms with Crippen LogP contribution in [-0.4, -0.2) is 64.7 Å². The molecule has 3 aromatic heterocycles. The predicted molar refractivity (Wildman–Crippen MR) is 141 cm³/mol. The molecule has 0 aliphatic heterocycles. The number of methoxy groups -OCH3 is 3. The number of sulfonamides is 1. The van der Waals surface area contributed by atoms with Crippen molar-refractivity contribution >= 4 is 16.0 Å². The third kappa shape index (κ3) is 5.29. The number of aromatic nitrogens is 6. The first-order chi connectivity index (χ1) is 18.2. The molecule has 0 aliphatic rings. The molecule has 0 fully saturated rings. The normalized spacial score (nSPS) is 13.1. The highest BCUT2D eigenvalue weighted by atomic mass is 32.2. The van der Waals surface area contributed by atoms with Gasteiger partial charge in [0, 0.05) is 37.5 Å². The Morgan fingerprint density at radius 2 is 1.58 bits per heavy atom. The lowest BCUT2D eigenvalue weighted by Gasteiger charge is -2.23. The number of hydrogen-bond acceptors (Lipinski definition) is 10. The minimum Gasteiger partial charge on any atom is -0.494 e. The summed E-state index contributed by atoms with van der Waals surface area (Å²) in [5.41, 5.74) is 2.76. The Kier molecular flexibility index (Phi) is 7.88. The molecular formula is C25H29N7O5S. The molecule has 12 nitrogen and oxygen atoms in total. The van der Waals surface area contributed by atoms with Crippen LogP contribution in [0.25, 0.3) is 17.1 Å². The van der Waals surface area contributed by atoms with Crippen LogP contribution in [0.3, 0.4) is 0 Å². The molecule has 38 heavy (non-hydrogen) atoms. The van der Waals surface area contributed by atoms with E-state index < -0.39 is 21.4 Å². The fourth-order valence-electron chi connectivity index (χ4n) is 3.92. The molecule has 0 radical (unpaired) electrons. The van der Waals surface area contributed by atoms with Gasteiger partial charge >= 0.3 is 0 Å². The van der Waals surface area contributed by atoms with Crippen molar-refractivity contribution in [1.82, 2.24) is 29.7 Å². The van der Waals surface area contributed by atoms with Crippen LogP contribution < -0.4 is 14.2 Å². The zero-order valence-corrected chi connectivity index (χ0v) is 22.7. The second-order valence-corrected chi connectivity index (χ2v) is 10.6. The van der Waals surface area contributed by atoms with Gasteiger partial charge in [0.15, 0.2) is 11.6 Å². The summed E-state index contributed by atoms with van der Waals surface area (Å²) in [6.07, 6.45) is 5.59. The first-order valence-electron chi connectivity index (χ1n) is 11.6. The molecule has 4 rings (SSSR count). The number of ether oxygens (including phenoxy) is 3. The summed E-state index contributed by atoms with van der Waals surface area (Å²) in [6, 6.07) is 7.08. The lowest BCUT2D eigenvalue weighted by molar-refractivity contribution is 0.0949. The second-order valence-electron chi connectivity index (χ2n) is 8.57. The average Bonchev–Trinajstić information content (AvgIpc) is 3.31. The molecule has 2 unspecified atom stereocenters. The summed E-state index contributed by atoms with van der Waals surface area (Å²) in [5.74, 6) is 1.34. The van der Waals surface area contributed by atoms with E-state index in [1.807, 2.05) is 19.9 Å². The van der Waals surface area contributed by atoms with Crippen molar-refractivity contribution in [3.05, 3.63) is 66.0 Å². The van der Waals surface area contributed by atoms with Crippen molar-refractivity contribution in [3.63, 3.8) is 0 Å². The summed E-state index contributed by atoms with van der Waals surface area (Å²) >= 11 is 0. The van der Waals surface area contributed by atoms with Gasteiger partial charge in [0.05, 0.1) is 14.2 Å². The van der Waals surface area contributed by atoms with E-state index in [9.17, 15) is 8.42 Å². The van der Waals surface area contributed by atoms with E-state index in [1.165, 1.54) is 32.8 Å². The van der Waals surface area contributed by atoms with Gasteiger partial charge in [-0.25, -0.2) is 18.4 Å². The number of rotatable bonds is 10. The molecule has 13 heteroatoms. The zero-order valence-electron chi connectivity index (χ0n) is 21.9. The van der Waals surface area contributed by atoms with Crippen LogP contribution >= 0.6 is 0 Å². The van der Waals surface area contributed by atoms with Crippen molar-refractivity contribution in [1.29, 1.82) is 0 Å². The topological polar surface area (TPSA) is 143 Å². The van der Waals surface area contributed by atoms with Crippen LogP contribution in [0, 0.1) is 13.8 Å². The molecule has 0 aliphatic carbocycles. The number of nitrogens with one attached hydrogen (secondary N) is 1. The molecule has 1 aromatic carbocycles. The minimum absolute atomic E-state index is 0.0733. The van der Waals surface area contributed by atoms with Crippen molar-refractivity contribution in [2.75, 3.05) is 26.1 Å². The molecular weight excluding hydrogens is 510 g/mol. The van der Waals surface area contributed by atoms with Gasteiger partial charge in [-0.3, -0.25) is 14.3 Å². The number of benzene rings is 1. The Balaban J connectivity index is 1.84. The summed E-state index contributed by atoms with van der Waals surface area (Å²) in [6.45, 7) is 5.24. The highest BCUT2D eigenvalue weighted by Gasteiger charge is 2.35. The SMILES string of the molecule is COc1cccc(OC)c1-n1c(NS(=O)(=O)C(C)C(OC)c2ncc(C)cn2)nnc1-c1cncc(C)c1. The van der Waals surface area contributed by atoms with Crippen LogP contribution in [-0.2, 0) is 14.8 Å². The first kappa shape index (κ1) is 26.9. The molecule has 2 atom stereocenters. The Morgan fingerprint density at radius 1 is 0.921 bits per heavy atom. The summed E-state index contributed by atoms with van der Waals surface area (Å²) in [7, 11) is 0.317. The standard InChI is InChI=1S/C25H29N7O5S/c1-15-10-18(14-26-11-15)24-29-30-25(32(24)21-19(35-4)8-7-9-20(21)36-5)31-38(33,34)17(3)22(37-6)23-27-12-16(2)13-28-23/h7-14,17,22H,1-6H3,(H,30,31). The van der Waals surface area contributed by atoms with E-state index in [1.54, 1.807) is 43.0 Å². The van der Waals surface area contributed by atoms with Crippen molar-refractivity contribution in [3.8, 4) is 28.6 Å². The Labute approximate surface area is 221 Å². The molecule has 0 bridgehead atoms. The van der Waals surface area contributed by atoms with Gasteiger partial charge in [-0.15, -0.1) is 10.2 Å². The van der Waals surface area contributed by atoms with Gasteiger partial charge in [-0.05, 0) is 50.1 Å². The third-order valence-electron chi connectivity index (χ3n) is 5.88. The second kappa shape index (κ2) is 11.1. The van der Waals surface area contributed by atoms with Gasteiger partial charge in [-0.1, -0.05) is 6.07 Å². The van der Waals surface area contributed by atoms with Crippen molar-refractivity contribution in [2.24, 2.45) is 0 Å². The number of hydrogen-bond donors (Lipinski definition) is 1. The van der Waals surface area contributed by atoms with Crippen LogP contribution in [0.4, 0.5) is 5.95 Å². The van der Waals surface area contributed by atoms with Crippen molar-refractivity contribution in [2.45, 2.75) is 32.1 Å². The Bertz CT molecular complexity index is 1500. The van der Waals surface area contributed by atoms with E-state index in [2.05, 4.69) is 29.9 Å². The highest BCUT2D eigenvalue weighted by molar-refractivity contribution is 7.93. The summed E-state index contributed by atoms with van der Waals surface area (Å²) in [4.78, 5) is 12.8. The maximum absolute atomic E-state index is 13.6. The van der Waals surface area contributed by atoms with E-state index in [0.29, 0.717) is 28.6 Å². The van der Waals surface area contributed by atoms with Crippen LogP contribution in [0.5, 0.6) is 11.5 Å². The maximum Gasteiger partial charge on any atom is 0.243 e. The van der Waals surface area contributed by atoms with Crippen LogP contribution in [0.15, 0.2) is 49.1 Å². The number of pyridine rings is 1. The number of para-hydroxylation sites is 1. The molecule has 0 saturated carbocycles. The minimum atomic E-state index is -4.11. The summed E-state index contributed by atoms with van der Waals surface area (Å²) in [5, 5.41) is 7.41. The molecule has 0 amide bonds. The zero-order chi connectivity index (χ0) is 27.4. The Hall–Kier alpha value is -4.10. The molecule has 4 aromatic rings. The van der Waals surface area contributed by atoms with E-state index in [4.69, 9.17) is 14.2 Å². The van der Waals surface area contributed by atoms with Gasteiger partial charge < -0.3 is 14.2 Å². The lowest BCUT2D eigenvalue weighted by Crippen LogP contribution is -2.33. The number of anilines is 1. The van der Waals surface area contributed by atoms with E-state index in [-0.39, 0.29) is 11.8 Å². The highest BCUT2D eigenvalue weighted by Crippen LogP contribution is 2.38. The van der Waals surface area contributed by atoms with Crippen LogP contribution in [0.1, 0.15) is 30.0 Å². The van der Waals surface area contributed by atoms with Crippen LogP contribution in [0.2, 0.25) is 0 Å². The van der Waals surface area contributed by atoms with Gasteiger partial charge in [0.2, 0.25) is 16.0 Å². The molecule has 200 valence electrons. The molecule has 0 spiro atoms. The third-order valence-corrected chi connectivity index (χ3v) is 7.57. The van der Waals surface area contributed by atoms with Gasteiger partial charge in [-0.2, -0.15) is 0 Å². The van der Waals surface area contributed by atoms with E-state index >= 15 is 0 Å². The monoisotopic (exact) mass is 539 g/mol.